The maximum Gasteiger partial charge on any atom is 0.242 e. The van der Waals surface area contributed by atoms with Crippen molar-refractivity contribution in [3.05, 3.63) is 35.1 Å². The maximum atomic E-state index is 13.5. The van der Waals surface area contributed by atoms with E-state index in [1.54, 1.807) is 14.2 Å². The Morgan fingerprint density at radius 3 is 3.00 bits per heavy atom. The fourth-order valence-electron chi connectivity index (χ4n) is 3.13. The van der Waals surface area contributed by atoms with Crippen LogP contribution in [0.25, 0.3) is 0 Å². The van der Waals surface area contributed by atoms with Crippen molar-refractivity contribution >= 4 is 5.91 Å². The largest absolute Gasteiger partial charge is 0.382 e. The normalized spacial score (nSPS) is 21.5. The number of amides is 1. The Kier molecular flexibility index (Phi) is 5.11. The van der Waals surface area contributed by atoms with Gasteiger partial charge in [0.05, 0.1) is 18.2 Å². The molecule has 118 valence electrons. The lowest BCUT2D eigenvalue weighted by atomic mass is 9.95. The molecule has 1 aromatic rings. The first-order valence-electron chi connectivity index (χ1n) is 7.22. The zero-order valence-corrected chi connectivity index (χ0v) is 12.9. The van der Waals surface area contributed by atoms with Gasteiger partial charge in [-0.2, -0.15) is 5.26 Å². The summed E-state index contributed by atoms with van der Waals surface area (Å²) in [5, 5.41) is 11.9. The highest BCUT2D eigenvalue weighted by atomic mass is 19.1. The summed E-state index contributed by atoms with van der Waals surface area (Å²) in [4.78, 5) is 14.4. The van der Waals surface area contributed by atoms with Crippen LogP contribution in [0, 0.1) is 17.1 Å². The Morgan fingerprint density at radius 1 is 1.59 bits per heavy atom. The summed E-state index contributed by atoms with van der Waals surface area (Å²) in [6.07, 6.45) is 1.53. The van der Waals surface area contributed by atoms with Gasteiger partial charge in [-0.25, -0.2) is 4.39 Å². The predicted molar refractivity (Wildman–Crippen MR) is 79.4 cm³/mol. The number of hydrogen-bond acceptors (Lipinski definition) is 4. The van der Waals surface area contributed by atoms with Crippen molar-refractivity contribution in [2.24, 2.45) is 0 Å². The number of hydrogen-bond donors (Lipinski definition) is 1. The van der Waals surface area contributed by atoms with Gasteiger partial charge >= 0.3 is 0 Å². The highest BCUT2D eigenvalue weighted by Gasteiger charge is 2.47. The van der Waals surface area contributed by atoms with Crippen molar-refractivity contribution in [1.82, 2.24) is 10.2 Å². The molecule has 0 saturated carbocycles. The molecule has 1 fully saturated rings. The monoisotopic (exact) mass is 305 g/mol. The van der Waals surface area contributed by atoms with Gasteiger partial charge < -0.3 is 10.1 Å². The molecular weight excluding hydrogens is 285 g/mol. The van der Waals surface area contributed by atoms with Crippen molar-refractivity contribution in [1.29, 1.82) is 5.26 Å². The molecule has 0 aliphatic carbocycles. The highest BCUT2D eigenvalue weighted by molar-refractivity contribution is 5.86. The molecule has 2 rings (SSSR count). The Bertz CT molecular complexity index is 600. The number of likely N-dealkylation sites (N-methyl/N-ethyl adjacent to an activating group) is 1. The molecule has 5 nitrogen and oxygen atoms in total. The van der Waals surface area contributed by atoms with Crippen LogP contribution < -0.4 is 5.32 Å². The van der Waals surface area contributed by atoms with Gasteiger partial charge in [0.1, 0.15) is 11.4 Å². The molecule has 0 spiro atoms. The first-order chi connectivity index (χ1) is 10.6. The topological polar surface area (TPSA) is 65.4 Å². The van der Waals surface area contributed by atoms with E-state index in [4.69, 9.17) is 4.74 Å². The molecule has 6 heteroatoms. The lowest BCUT2D eigenvalue weighted by Crippen LogP contribution is -2.57. The molecular formula is C16H20FN3O2. The van der Waals surface area contributed by atoms with Crippen molar-refractivity contribution in [2.45, 2.75) is 24.9 Å². The van der Waals surface area contributed by atoms with E-state index in [1.165, 1.54) is 18.2 Å². The molecule has 0 radical (unpaired) electrons. The van der Waals surface area contributed by atoms with Crippen molar-refractivity contribution < 1.29 is 13.9 Å². The highest BCUT2D eigenvalue weighted by Crippen LogP contribution is 2.32. The third-order valence-corrected chi connectivity index (χ3v) is 4.21. The lowest BCUT2D eigenvalue weighted by Gasteiger charge is -2.36. The van der Waals surface area contributed by atoms with Gasteiger partial charge in [-0.15, -0.1) is 0 Å². The summed E-state index contributed by atoms with van der Waals surface area (Å²) in [5.41, 5.74) is 0.257. The van der Waals surface area contributed by atoms with Crippen LogP contribution in [0.2, 0.25) is 0 Å². The molecule has 1 unspecified atom stereocenters. The van der Waals surface area contributed by atoms with E-state index in [0.717, 1.165) is 6.42 Å². The third kappa shape index (κ3) is 2.96. The summed E-state index contributed by atoms with van der Waals surface area (Å²) in [6.45, 7) is 1.32. The number of carbonyl (C=O) groups is 1. The fourth-order valence-corrected chi connectivity index (χ4v) is 3.13. The summed E-state index contributed by atoms with van der Waals surface area (Å²) in [7, 11) is 3.16. The zero-order valence-electron chi connectivity index (χ0n) is 12.9. The van der Waals surface area contributed by atoms with Gasteiger partial charge in [0.2, 0.25) is 5.91 Å². The van der Waals surface area contributed by atoms with Crippen LogP contribution in [0.4, 0.5) is 4.39 Å². The van der Waals surface area contributed by atoms with Gasteiger partial charge in [-0.3, -0.25) is 9.69 Å². The summed E-state index contributed by atoms with van der Waals surface area (Å²) in [6, 6.07) is 6.18. The van der Waals surface area contributed by atoms with Gasteiger partial charge in [0.25, 0.3) is 0 Å². The maximum absolute atomic E-state index is 13.5. The van der Waals surface area contributed by atoms with Crippen LogP contribution in [0.1, 0.15) is 24.0 Å². The molecule has 1 heterocycles. The first-order valence-corrected chi connectivity index (χ1v) is 7.22. The number of halogens is 1. The summed E-state index contributed by atoms with van der Waals surface area (Å²) < 4.78 is 18.7. The minimum Gasteiger partial charge on any atom is -0.382 e. The molecule has 1 aliphatic heterocycles. The average Bonchev–Trinajstić information content (AvgIpc) is 2.91. The van der Waals surface area contributed by atoms with E-state index < -0.39 is 5.54 Å². The number of nitrogens with one attached hydrogen (secondary N) is 1. The minimum atomic E-state index is -0.761. The van der Waals surface area contributed by atoms with Gasteiger partial charge in [-0.1, -0.05) is 0 Å². The molecule has 0 aromatic heterocycles. The number of methoxy groups -OCH3 is 1. The minimum absolute atomic E-state index is 0.109. The van der Waals surface area contributed by atoms with Crippen molar-refractivity contribution in [2.75, 3.05) is 27.3 Å². The number of nitriles is 1. The first kappa shape index (κ1) is 16.4. The van der Waals surface area contributed by atoms with E-state index >= 15 is 0 Å². The average molecular weight is 305 g/mol. The standard InChI is InChI=1S/C16H20FN3O2/c1-19-15(21)16(11-22-2)6-3-7-20(16)10-13-8-14(17)5-4-12(13)9-18/h4-5,8H,3,6-7,10-11H2,1-2H3,(H,19,21). The van der Waals surface area contributed by atoms with Crippen LogP contribution in [0.15, 0.2) is 18.2 Å². The van der Waals surface area contributed by atoms with E-state index in [0.29, 0.717) is 30.6 Å². The number of likely N-dealkylation sites (tertiary alicyclic amines) is 1. The second kappa shape index (κ2) is 6.86. The molecule has 1 atom stereocenters. The van der Waals surface area contributed by atoms with Crippen LogP contribution in [-0.4, -0.2) is 43.7 Å². The van der Waals surface area contributed by atoms with E-state index in [2.05, 4.69) is 11.4 Å². The third-order valence-electron chi connectivity index (χ3n) is 4.21. The number of ether oxygens (including phenoxy) is 1. The van der Waals surface area contributed by atoms with Crippen LogP contribution in [0.5, 0.6) is 0 Å². The summed E-state index contributed by atoms with van der Waals surface area (Å²) in [5.74, 6) is -0.493. The van der Waals surface area contributed by atoms with Gasteiger partial charge in [-0.05, 0) is 43.1 Å². The zero-order chi connectivity index (χ0) is 16.2. The Labute approximate surface area is 129 Å². The van der Waals surface area contributed by atoms with Crippen LogP contribution in [0.3, 0.4) is 0 Å². The fraction of sp³-hybridized carbons (Fsp3) is 0.500. The van der Waals surface area contributed by atoms with E-state index in [9.17, 15) is 14.4 Å². The molecule has 1 N–H and O–H groups in total. The number of benzene rings is 1. The van der Waals surface area contributed by atoms with E-state index in [1.807, 2.05) is 4.90 Å². The Morgan fingerprint density at radius 2 is 2.36 bits per heavy atom. The Hall–Kier alpha value is -1.97. The smallest absolute Gasteiger partial charge is 0.242 e. The van der Waals surface area contributed by atoms with Gasteiger partial charge in [0, 0.05) is 20.7 Å². The Balaban J connectivity index is 2.33. The second-order valence-corrected chi connectivity index (χ2v) is 5.48. The van der Waals surface area contributed by atoms with Crippen molar-refractivity contribution in [3.63, 3.8) is 0 Å². The molecule has 1 saturated heterocycles. The number of rotatable bonds is 5. The van der Waals surface area contributed by atoms with Crippen molar-refractivity contribution in [3.8, 4) is 6.07 Å². The van der Waals surface area contributed by atoms with Gasteiger partial charge in [0.15, 0.2) is 0 Å². The quantitative estimate of drug-likeness (QED) is 0.893. The number of nitrogens with zero attached hydrogens (tertiary/aromatic N) is 2. The molecule has 1 amide bonds. The van der Waals surface area contributed by atoms with E-state index in [-0.39, 0.29) is 18.3 Å². The van der Waals surface area contributed by atoms with Crippen LogP contribution >= 0.6 is 0 Å². The number of carbonyl (C=O) groups excluding carboxylic acids is 1. The molecule has 22 heavy (non-hydrogen) atoms. The molecule has 1 aromatic carbocycles. The van der Waals surface area contributed by atoms with Crippen LogP contribution in [-0.2, 0) is 16.1 Å². The summed E-state index contributed by atoms with van der Waals surface area (Å²) >= 11 is 0. The molecule has 1 aliphatic rings. The SMILES string of the molecule is CNC(=O)C1(COC)CCCN1Cc1cc(F)ccc1C#N. The second-order valence-electron chi connectivity index (χ2n) is 5.48. The molecule has 0 bridgehead atoms. The predicted octanol–water partition coefficient (Wildman–Crippen LogP) is 1.42. The lowest BCUT2D eigenvalue weighted by molar-refractivity contribution is -0.135.